The summed E-state index contributed by atoms with van der Waals surface area (Å²) in [6.45, 7) is 0.485. The van der Waals surface area contributed by atoms with E-state index in [4.69, 9.17) is 9.57 Å². The largest absolute Gasteiger partial charge is 0.489 e. The molecule has 0 saturated heterocycles. The smallest absolute Gasteiger partial charge is 0.368 e. The van der Waals surface area contributed by atoms with E-state index < -0.39 is 5.97 Å². The molecular weight excluding hydrogens is 386 g/mol. The van der Waals surface area contributed by atoms with E-state index in [0.717, 1.165) is 22.4 Å². The molecule has 0 fully saturated rings. The van der Waals surface area contributed by atoms with Crippen LogP contribution in [0, 0.1) is 0 Å². The molecule has 5 rings (SSSR count). The van der Waals surface area contributed by atoms with Crippen LogP contribution in [0.4, 0.5) is 0 Å². The van der Waals surface area contributed by atoms with Crippen LogP contribution in [0.15, 0.2) is 108 Å². The van der Waals surface area contributed by atoms with Crippen molar-refractivity contribution in [3.63, 3.8) is 0 Å². The summed E-state index contributed by atoms with van der Waals surface area (Å²) in [6.07, 6.45) is 1.79. The maximum Gasteiger partial charge on any atom is 0.368 e. The number of ether oxygens (including phenoxy) is 1. The Bertz CT molecular complexity index is 1300. The van der Waals surface area contributed by atoms with Gasteiger partial charge in [0.25, 0.3) is 0 Å². The van der Waals surface area contributed by atoms with Crippen molar-refractivity contribution in [1.29, 1.82) is 0 Å². The first-order valence-electron chi connectivity index (χ1n) is 10.0. The van der Waals surface area contributed by atoms with Crippen LogP contribution >= 0.6 is 0 Å². The van der Waals surface area contributed by atoms with E-state index >= 15 is 0 Å². The van der Waals surface area contributed by atoms with E-state index in [9.17, 15) is 4.79 Å². The summed E-state index contributed by atoms with van der Waals surface area (Å²) in [6, 6.07) is 31.7. The predicted molar refractivity (Wildman–Crippen MR) is 122 cm³/mol. The molecule has 0 bridgehead atoms. The zero-order chi connectivity index (χ0) is 21.0. The number of oxime groups is 1. The van der Waals surface area contributed by atoms with Gasteiger partial charge < -0.3 is 9.57 Å². The molecule has 0 radical (unpaired) electrons. The van der Waals surface area contributed by atoms with Gasteiger partial charge in [-0.05, 0) is 40.1 Å². The molecule has 4 nitrogen and oxygen atoms in total. The van der Waals surface area contributed by atoms with Crippen molar-refractivity contribution in [1.82, 2.24) is 0 Å². The second-order valence-corrected chi connectivity index (χ2v) is 7.24. The van der Waals surface area contributed by atoms with Gasteiger partial charge in [-0.25, -0.2) is 4.79 Å². The molecule has 4 aromatic carbocycles. The third-order valence-corrected chi connectivity index (χ3v) is 5.21. The van der Waals surface area contributed by atoms with Crippen LogP contribution in [0.25, 0.3) is 16.8 Å². The molecule has 0 aromatic heterocycles. The molecular formula is C27H19NO3. The molecule has 0 N–H and O–H groups in total. The van der Waals surface area contributed by atoms with Crippen molar-refractivity contribution in [2.45, 2.75) is 6.61 Å². The monoisotopic (exact) mass is 405 g/mol. The summed E-state index contributed by atoms with van der Waals surface area (Å²) < 4.78 is 6.00. The average Bonchev–Trinajstić information content (AvgIpc) is 3.19. The normalized spacial score (nSPS) is 14.5. The van der Waals surface area contributed by atoms with Gasteiger partial charge in [-0.1, -0.05) is 90.1 Å². The van der Waals surface area contributed by atoms with Crippen LogP contribution in [0.1, 0.15) is 16.7 Å². The van der Waals surface area contributed by atoms with Crippen LogP contribution in [-0.2, 0) is 16.2 Å². The quantitative estimate of drug-likeness (QED) is 0.313. The van der Waals surface area contributed by atoms with Crippen molar-refractivity contribution in [2.75, 3.05) is 0 Å². The number of nitrogens with zero attached hydrogens (tertiary/aromatic N) is 1. The van der Waals surface area contributed by atoms with Crippen molar-refractivity contribution >= 4 is 28.5 Å². The third-order valence-electron chi connectivity index (χ3n) is 5.21. The van der Waals surface area contributed by atoms with Crippen molar-refractivity contribution < 1.29 is 14.4 Å². The molecule has 150 valence electrons. The van der Waals surface area contributed by atoms with Gasteiger partial charge in [-0.2, -0.15) is 0 Å². The van der Waals surface area contributed by atoms with E-state index in [1.54, 1.807) is 6.08 Å². The lowest BCUT2D eigenvalue weighted by molar-refractivity contribution is -0.136. The Balaban J connectivity index is 1.33. The highest BCUT2D eigenvalue weighted by Crippen LogP contribution is 2.23. The summed E-state index contributed by atoms with van der Waals surface area (Å²) in [5.74, 6) is 0.316. The van der Waals surface area contributed by atoms with Crippen LogP contribution in [0.3, 0.4) is 0 Å². The lowest BCUT2D eigenvalue weighted by atomic mass is 10.0. The Labute approximate surface area is 180 Å². The summed E-state index contributed by atoms with van der Waals surface area (Å²) in [5, 5.41) is 6.34. The minimum absolute atomic E-state index is 0.440. The van der Waals surface area contributed by atoms with Gasteiger partial charge in [0.15, 0.2) is 0 Å². The number of hydrogen-bond acceptors (Lipinski definition) is 4. The lowest BCUT2D eigenvalue weighted by Crippen LogP contribution is -2.06. The van der Waals surface area contributed by atoms with Gasteiger partial charge in [0.2, 0.25) is 0 Å². The molecule has 4 aromatic rings. The summed E-state index contributed by atoms with van der Waals surface area (Å²) >= 11 is 0. The van der Waals surface area contributed by atoms with Crippen LogP contribution < -0.4 is 4.74 Å². The highest BCUT2D eigenvalue weighted by molar-refractivity contribution is 6.31. The van der Waals surface area contributed by atoms with E-state index in [0.29, 0.717) is 17.9 Å². The van der Waals surface area contributed by atoms with Crippen LogP contribution in [0.2, 0.25) is 0 Å². The molecule has 0 saturated carbocycles. The van der Waals surface area contributed by atoms with Crippen molar-refractivity contribution in [3.8, 4) is 5.75 Å². The van der Waals surface area contributed by atoms with E-state index in [2.05, 4.69) is 29.4 Å². The number of hydrogen-bond donors (Lipinski definition) is 0. The van der Waals surface area contributed by atoms with E-state index in [1.165, 1.54) is 10.8 Å². The molecule has 4 heteroatoms. The fourth-order valence-corrected chi connectivity index (χ4v) is 3.62. The van der Waals surface area contributed by atoms with Crippen molar-refractivity contribution in [2.24, 2.45) is 5.16 Å². The lowest BCUT2D eigenvalue weighted by Gasteiger charge is -2.09. The van der Waals surface area contributed by atoms with Gasteiger partial charge >= 0.3 is 5.97 Å². The van der Waals surface area contributed by atoms with Gasteiger partial charge in [0, 0.05) is 5.56 Å². The zero-order valence-electron chi connectivity index (χ0n) is 16.7. The number of carbonyl (C=O) groups is 1. The third kappa shape index (κ3) is 3.96. The standard InChI is InChI=1S/C27H19NO3/c29-27-25(26(28-31-27)21-8-2-1-3-9-21)17-19-13-15-23(16-14-19)30-18-22-11-6-10-20-7-4-5-12-24(20)22/h1-17H,18H2/b25-17-. The first-order chi connectivity index (χ1) is 15.3. The minimum Gasteiger partial charge on any atom is -0.489 e. The molecule has 0 atom stereocenters. The maximum atomic E-state index is 12.2. The molecule has 1 aliphatic heterocycles. The summed E-state index contributed by atoms with van der Waals surface area (Å²) in [5.41, 5.74) is 3.84. The fraction of sp³-hybridized carbons (Fsp3) is 0.0370. The average molecular weight is 405 g/mol. The highest BCUT2D eigenvalue weighted by Gasteiger charge is 2.26. The second-order valence-electron chi connectivity index (χ2n) is 7.24. The first-order valence-corrected chi connectivity index (χ1v) is 10.0. The number of fused-ring (bicyclic) bond motifs is 1. The van der Waals surface area contributed by atoms with E-state index in [1.807, 2.05) is 72.8 Å². The van der Waals surface area contributed by atoms with Gasteiger partial charge in [-0.3, -0.25) is 0 Å². The fourth-order valence-electron chi connectivity index (χ4n) is 3.62. The second kappa shape index (κ2) is 8.28. The number of carbonyl (C=O) groups excluding carboxylic acids is 1. The Kier molecular flexibility index (Phi) is 5.03. The molecule has 1 heterocycles. The molecule has 1 aliphatic rings. The molecule has 0 amide bonds. The molecule has 31 heavy (non-hydrogen) atoms. The molecule has 0 aliphatic carbocycles. The van der Waals surface area contributed by atoms with Crippen LogP contribution in [0.5, 0.6) is 5.75 Å². The van der Waals surface area contributed by atoms with Gasteiger partial charge in [0.05, 0.1) is 5.57 Å². The Morgan fingerprint density at radius 2 is 1.55 bits per heavy atom. The van der Waals surface area contributed by atoms with Crippen molar-refractivity contribution in [3.05, 3.63) is 119 Å². The summed E-state index contributed by atoms with van der Waals surface area (Å²) in [7, 11) is 0. The maximum absolute atomic E-state index is 12.2. The number of rotatable bonds is 5. The molecule has 0 spiro atoms. The summed E-state index contributed by atoms with van der Waals surface area (Å²) in [4.78, 5) is 17.1. The predicted octanol–water partition coefficient (Wildman–Crippen LogP) is 5.76. The van der Waals surface area contributed by atoms with Gasteiger partial charge in [0.1, 0.15) is 18.1 Å². The van der Waals surface area contributed by atoms with Crippen LogP contribution in [-0.4, -0.2) is 11.7 Å². The first kappa shape index (κ1) is 18.8. The van der Waals surface area contributed by atoms with E-state index in [-0.39, 0.29) is 0 Å². The topological polar surface area (TPSA) is 47.9 Å². The zero-order valence-corrected chi connectivity index (χ0v) is 16.7. The number of benzene rings is 4. The minimum atomic E-state index is -0.449. The Morgan fingerprint density at radius 3 is 2.39 bits per heavy atom. The SMILES string of the molecule is O=C1ON=C(c2ccccc2)/C1=C/c1ccc(OCc2cccc3ccccc23)cc1. The molecule has 0 unspecified atom stereocenters. The van der Waals surface area contributed by atoms with Gasteiger partial charge in [-0.15, -0.1) is 0 Å². The highest BCUT2D eigenvalue weighted by atomic mass is 16.7. The Morgan fingerprint density at radius 1 is 0.806 bits per heavy atom. The Hall–Kier alpha value is -4.18.